The first kappa shape index (κ1) is 24.6. The molecule has 0 saturated heterocycles. The lowest BCUT2D eigenvalue weighted by atomic mass is 10.0. The molecule has 4 aromatic rings. The second kappa shape index (κ2) is 9.98. The minimum Gasteiger partial charge on any atom is -0.347 e. The Labute approximate surface area is 203 Å². The SMILES string of the molecule is CC(=O)c1ccc(CNC(=O)c2cc(C(=O)NCc3ccc(F)c(F)c3)nc3c(F)cnn23)cc1C. The fraction of sp³-hybridized carbons (Fsp3) is 0.160. The number of halogens is 3. The van der Waals surface area contributed by atoms with Gasteiger partial charge < -0.3 is 10.6 Å². The molecule has 4 rings (SSSR count). The third kappa shape index (κ3) is 5.09. The maximum absolute atomic E-state index is 14.3. The molecule has 11 heteroatoms. The number of carbonyl (C=O) groups excluding carboxylic acids is 3. The van der Waals surface area contributed by atoms with Crippen LogP contribution >= 0.6 is 0 Å². The Morgan fingerprint density at radius 3 is 2.19 bits per heavy atom. The summed E-state index contributed by atoms with van der Waals surface area (Å²) in [5, 5.41) is 8.99. The number of Topliss-reactive ketones (excluding diaryl/α,β-unsaturated/α-hetero) is 1. The van der Waals surface area contributed by atoms with Gasteiger partial charge in [-0.2, -0.15) is 5.10 Å². The first-order valence-corrected chi connectivity index (χ1v) is 10.8. The van der Waals surface area contributed by atoms with Gasteiger partial charge in [0.05, 0.1) is 6.20 Å². The standard InChI is InChI=1S/C25H20F3N5O3/c1-13-7-15(3-5-17(13)14(2)34)10-30-25(36)22-9-21(32-23-20(28)12-31-33(22)23)24(35)29-11-16-4-6-18(26)19(27)8-16/h3-9,12H,10-11H2,1-2H3,(H,29,35)(H,30,36). The van der Waals surface area contributed by atoms with E-state index in [4.69, 9.17) is 0 Å². The van der Waals surface area contributed by atoms with E-state index in [2.05, 4.69) is 20.7 Å². The highest BCUT2D eigenvalue weighted by molar-refractivity contribution is 5.98. The number of hydrogen-bond donors (Lipinski definition) is 2. The van der Waals surface area contributed by atoms with Gasteiger partial charge in [0.1, 0.15) is 11.4 Å². The summed E-state index contributed by atoms with van der Waals surface area (Å²) in [4.78, 5) is 41.2. The lowest BCUT2D eigenvalue weighted by molar-refractivity contribution is 0.0940. The molecular formula is C25H20F3N5O3. The van der Waals surface area contributed by atoms with Crippen molar-refractivity contribution in [1.82, 2.24) is 25.2 Å². The molecule has 0 radical (unpaired) electrons. The van der Waals surface area contributed by atoms with E-state index in [0.29, 0.717) is 11.1 Å². The highest BCUT2D eigenvalue weighted by Crippen LogP contribution is 2.15. The molecule has 2 aromatic heterocycles. The van der Waals surface area contributed by atoms with Gasteiger partial charge in [-0.05, 0) is 42.7 Å². The smallest absolute Gasteiger partial charge is 0.270 e. The predicted molar refractivity (Wildman–Crippen MR) is 123 cm³/mol. The number of rotatable bonds is 7. The molecule has 0 bridgehead atoms. The number of benzene rings is 2. The molecular weight excluding hydrogens is 475 g/mol. The van der Waals surface area contributed by atoms with Crippen LogP contribution in [0.1, 0.15) is 54.9 Å². The molecule has 0 aliphatic heterocycles. The van der Waals surface area contributed by atoms with E-state index in [1.807, 2.05) is 0 Å². The maximum Gasteiger partial charge on any atom is 0.270 e. The van der Waals surface area contributed by atoms with E-state index < -0.39 is 29.3 Å². The van der Waals surface area contributed by atoms with Crippen molar-refractivity contribution in [3.63, 3.8) is 0 Å². The van der Waals surface area contributed by atoms with E-state index in [-0.39, 0.29) is 35.9 Å². The third-order valence-corrected chi connectivity index (χ3v) is 5.45. The van der Waals surface area contributed by atoms with Crippen molar-refractivity contribution >= 4 is 23.2 Å². The number of carbonyl (C=O) groups is 3. The van der Waals surface area contributed by atoms with Crippen molar-refractivity contribution in [3.8, 4) is 0 Å². The summed E-state index contributed by atoms with van der Waals surface area (Å²) in [6.45, 7) is 3.20. The summed E-state index contributed by atoms with van der Waals surface area (Å²) in [7, 11) is 0. The molecule has 0 spiro atoms. The van der Waals surface area contributed by atoms with Crippen molar-refractivity contribution in [2.24, 2.45) is 0 Å². The van der Waals surface area contributed by atoms with E-state index in [1.165, 1.54) is 13.0 Å². The topological polar surface area (TPSA) is 105 Å². The quantitative estimate of drug-likeness (QED) is 0.382. The summed E-state index contributed by atoms with van der Waals surface area (Å²) in [5.74, 6) is -4.39. The van der Waals surface area contributed by atoms with E-state index in [1.54, 1.807) is 25.1 Å². The van der Waals surface area contributed by atoms with Gasteiger partial charge in [-0.3, -0.25) is 14.4 Å². The first-order chi connectivity index (χ1) is 17.1. The Morgan fingerprint density at radius 2 is 1.53 bits per heavy atom. The first-order valence-electron chi connectivity index (χ1n) is 10.8. The number of nitrogens with zero attached hydrogens (tertiary/aromatic N) is 3. The summed E-state index contributed by atoms with van der Waals surface area (Å²) in [6, 6.07) is 9.46. The van der Waals surface area contributed by atoms with Crippen molar-refractivity contribution in [2.45, 2.75) is 26.9 Å². The molecule has 0 aliphatic carbocycles. The van der Waals surface area contributed by atoms with Crippen LogP contribution in [0.3, 0.4) is 0 Å². The normalized spacial score (nSPS) is 10.9. The highest BCUT2D eigenvalue weighted by atomic mass is 19.2. The molecule has 0 saturated carbocycles. The van der Waals surface area contributed by atoms with Crippen LogP contribution in [0.4, 0.5) is 13.2 Å². The van der Waals surface area contributed by atoms with E-state index in [9.17, 15) is 27.6 Å². The molecule has 0 aliphatic rings. The number of hydrogen-bond acceptors (Lipinski definition) is 5. The van der Waals surface area contributed by atoms with Gasteiger partial charge in [0.25, 0.3) is 11.8 Å². The molecule has 2 amide bonds. The van der Waals surface area contributed by atoms with Crippen LogP contribution < -0.4 is 10.6 Å². The molecule has 184 valence electrons. The number of amides is 2. The molecule has 2 N–H and O–H groups in total. The van der Waals surface area contributed by atoms with E-state index in [0.717, 1.165) is 40.0 Å². The second-order valence-corrected chi connectivity index (χ2v) is 8.07. The number of aryl methyl sites for hydroxylation is 1. The van der Waals surface area contributed by atoms with Crippen molar-refractivity contribution in [2.75, 3.05) is 0 Å². The summed E-state index contributed by atoms with van der Waals surface area (Å²) >= 11 is 0. The van der Waals surface area contributed by atoms with Gasteiger partial charge in [0, 0.05) is 24.7 Å². The van der Waals surface area contributed by atoms with E-state index >= 15 is 0 Å². The zero-order valence-corrected chi connectivity index (χ0v) is 19.2. The zero-order valence-electron chi connectivity index (χ0n) is 19.2. The largest absolute Gasteiger partial charge is 0.347 e. The Balaban J connectivity index is 1.54. The lowest BCUT2D eigenvalue weighted by Crippen LogP contribution is -2.28. The molecule has 0 unspecified atom stereocenters. The number of fused-ring (bicyclic) bond motifs is 1. The summed E-state index contributed by atoms with van der Waals surface area (Å²) in [6.07, 6.45) is 0.867. The van der Waals surface area contributed by atoms with Gasteiger partial charge in [-0.1, -0.05) is 24.3 Å². The Hall–Kier alpha value is -4.54. The van der Waals surface area contributed by atoms with Gasteiger partial charge >= 0.3 is 0 Å². The Bertz CT molecular complexity index is 1520. The third-order valence-electron chi connectivity index (χ3n) is 5.45. The number of ketones is 1. The average Bonchev–Trinajstić information content (AvgIpc) is 3.22. The van der Waals surface area contributed by atoms with Crippen LogP contribution in [0.2, 0.25) is 0 Å². The second-order valence-electron chi connectivity index (χ2n) is 8.07. The maximum atomic E-state index is 14.3. The van der Waals surface area contributed by atoms with Gasteiger partial charge in [0.2, 0.25) is 0 Å². The number of aromatic nitrogens is 3. The van der Waals surface area contributed by atoms with Gasteiger partial charge in [0.15, 0.2) is 28.9 Å². The molecule has 2 aromatic carbocycles. The fourth-order valence-electron chi connectivity index (χ4n) is 3.64. The van der Waals surface area contributed by atoms with Gasteiger partial charge in [-0.15, -0.1) is 0 Å². The highest BCUT2D eigenvalue weighted by Gasteiger charge is 2.20. The van der Waals surface area contributed by atoms with Crippen LogP contribution in [0.15, 0.2) is 48.7 Å². The minimum atomic E-state index is -1.06. The lowest BCUT2D eigenvalue weighted by Gasteiger charge is -2.11. The van der Waals surface area contributed by atoms with Gasteiger partial charge in [-0.25, -0.2) is 22.7 Å². The summed E-state index contributed by atoms with van der Waals surface area (Å²) in [5.41, 5.74) is 1.62. The van der Waals surface area contributed by atoms with Crippen LogP contribution in [0.25, 0.3) is 5.65 Å². The van der Waals surface area contributed by atoms with Crippen LogP contribution in [-0.2, 0) is 13.1 Å². The monoisotopic (exact) mass is 495 g/mol. The van der Waals surface area contributed by atoms with Crippen molar-refractivity contribution in [3.05, 3.63) is 99.8 Å². The predicted octanol–water partition coefficient (Wildman–Crippen LogP) is 3.52. The van der Waals surface area contributed by atoms with Crippen molar-refractivity contribution in [1.29, 1.82) is 0 Å². The molecule has 36 heavy (non-hydrogen) atoms. The Kier molecular flexibility index (Phi) is 6.82. The molecule has 8 nitrogen and oxygen atoms in total. The minimum absolute atomic E-state index is 0.0710. The number of nitrogens with one attached hydrogen (secondary N) is 2. The Morgan fingerprint density at radius 1 is 0.861 bits per heavy atom. The molecule has 2 heterocycles. The average molecular weight is 495 g/mol. The summed E-state index contributed by atoms with van der Waals surface area (Å²) < 4.78 is 41.7. The zero-order chi connectivity index (χ0) is 26.0. The van der Waals surface area contributed by atoms with Crippen LogP contribution in [0, 0.1) is 24.4 Å². The van der Waals surface area contributed by atoms with Crippen LogP contribution in [-0.4, -0.2) is 32.2 Å². The molecule has 0 fully saturated rings. The fourth-order valence-corrected chi connectivity index (χ4v) is 3.64. The van der Waals surface area contributed by atoms with Crippen molar-refractivity contribution < 1.29 is 27.6 Å². The van der Waals surface area contributed by atoms with Crippen LogP contribution in [0.5, 0.6) is 0 Å². The molecule has 0 atom stereocenters.